The summed E-state index contributed by atoms with van der Waals surface area (Å²) in [6.45, 7) is 3.04. The second kappa shape index (κ2) is 6.30. The summed E-state index contributed by atoms with van der Waals surface area (Å²) in [5.74, 6) is -0.0537. The minimum Gasteiger partial charge on any atom is -0.374 e. The lowest BCUT2D eigenvalue weighted by atomic mass is 10.0. The van der Waals surface area contributed by atoms with Gasteiger partial charge in [0.15, 0.2) is 5.01 Å². The first-order valence-electron chi connectivity index (χ1n) is 7.91. The van der Waals surface area contributed by atoms with Gasteiger partial charge in [0.05, 0.1) is 18.8 Å². The number of amides is 1. The predicted molar refractivity (Wildman–Crippen MR) is 93.0 cm³/mol. The molecule has 1 fully saturated rings. The third kappa shape index (κ3) is 2.79. The minimum atomic E-state index is -0.0881. The molecule has 0 bridgehead atoms. The molecule has 0 spiro atoms. The van der Waals surface area contributed by atoms with E-state index in [9.17, 15) is 4.79 Å². The number of hydrogen-bond donors (Lipinski definition) is 0. The molecule has 0 N–H and O–H groups in total. The van der Waals surface area contributed by atoms with Gasteiger partial charge in [0, 0.05) is 12.7 Å². The number of carbonyl (C=O) groups excluding carboxylic acids is 1. The number of aromatic nitrogens is 2. The lowest BCUT2D eigenvalue weighted by molar-refractivity contribution is -0.0447. The van der Waals surface area contributed by atoms with E-state index < -0.39 is 0 Å². The van der Waals surface area contributed by atoms with E-state index in [1.54, 1.807) is 6.20 Å². The molecular weight excluding hydrogens is 322 g/mol. The molecular formula is C18H17N3O2S. The Kier molecular flexibility index (Phi) is 4.00. The third-order valence-electron chi connectivity index (χ3n) is 4.16. The van der Waals surface area contributed by atoms with Gasteiger partial charge < -0.3 is 9.64 Å². The molecule has 5 nitrogen and oxygen atoms in total. The Bertz CT molecular complexity index is 832. The standard InChI is InChI=1S/C18H17N3O2S/c1-12-10-21(15(11-23-12)13-6-3-2-4-7-13)18(22)17-20-14-8-5-9-19-16(14)24-17/h2-9,12,15H,10-11H2,1H3/t12-,15+/m1/s1. The normalized spacial score (nSPS) is 21.1. The molecule has 3 heterocycles. The highest BCUT2D eigenvalue weighted by Gasteiger charge is 2.33. The minimum absolute atomic E-state index is 0.0152. The Balaban J connectivity index is 1.69. The second-order valence-corrected chi connectivity index (χ2v) is 6.85. The van der Waals surface area contributed by atoms with E-state index in [2.05, 4.69) is 9.97 Å². The SMILES string of the molecule is C[C@@H]1CN(C(=O)c2nc3cccnc3s2)[C@H](c2ccccc2)CO1. The first kappa shape index (κ1) is 15.2. The monoisotopic (exact) mass is 339 g/mol. The fourth-order valence-electron chi connectivity index (χ4n) is 2.96. The zero-order valence-corrected chi connectivity index (χ0v) is 14.1. The third-order valence-corrected chi connectivity index (χ3v) is 5.13. The largest absolute Gasteiger partial charge is 0.374 e. The fraction of sp³-hybridized carbons (Fsp3) is 0.278. The summed E-state index contributed by atoms with van der Waals surface area (Å²) in [5.41, 5.74) is 1.85. The van der Waals surface area contributed by atoms with E-state index in [1.165, 1.54) is 11.3 Å². The number of morpholine rings is 1. The molecule has 1 aliphatic heterocycles. The lowest BCUT2D eigenvalue weighted by Gasteiger charge is -2.38. The van der Waals surface area contributed by atoms with Crippen LogP contribution in [0, 0.1) is 0 Å². The van der Waals surface area contributed by atoms with E-state index in [-0.39, 0.29) is 18.1 Å². The summed E-state index contributed by atoms with van der Waals surface area (Å²) in [7, 11) is 0. The van der Waals surface area contributed by atoms with E-state index >= 15 is 0 Å². The van der Waals surface area contributed by atoms with Crippen molar-refractivity contribution >= 4 is 27.6 Å². The molecule has 122 valence electrons. The van der Waals surface area contributed by atoms with Crippen molar-refractivity contribution in [3.05, 3.63) is 59.2 Å². The van der Waals surface area contributed by atoms with Gasteiger partial charge in [-0.2, -0.15) is 0 Å². The highest BCUT2D eigenvalue weighted by molar-refractivity contribution is 7.19. The molecule has 0 radical (unpaired) electrons. The Labute approximate surface area is 143 Å². The van der Waals surface area contributed by atoms with Crippen molar-refractivity contribution in [1.82, 2.24) is 14.9 Å². The van der Waals surface area contributed by atoms with Gasteiger partial charge in [0.25, 0.3) is 5.91 Å². The number of thiazole rings is 1. The van der Waals surface area contributed by atoms with Crippen LogP contribution in [0.1, 0.15) is 28.3 Å². The molecule has 3 aromatic rings. The summed E-state index contributed by atoms with van der Waals surface area (Å²) in [6, 6.07) is 13.6. The van der Waals surface area contributed by atoms with Crippen LogP contribution in [0.25, 0.3) is 10.3 Å². The number of nitrogens with zero attached hydrogens (tertiary/aromatic N) is 3. The molecule has 2 atom stereocenters. The second-order valence-electron chi connectivity index (χ2n) is 5.87. The van der Waals surface area contributed by atoms with Crippen molar-refractivity contribution in [2.24, 2.45) is 0 Å². The van der Waals surface area contributed by atoms with E-state index in [1.807, 2.05) is 54.3 Å². The van der Waals surface area contributed by atoms with Gasteiger partial charge in [0.2, 0.25) is 0 Å². The summed E-state index contributed by atoms with van der Waals surface area (Å²) >= 11 is 1.34. The number of benzene rings is 1. The average Bonchev–Trinajstić information content (AvgIpc) is 3.06. The Hall–Kier alpha value is -2.31. The number of fused-ring (bicyclic) bond motifs is 1. The van der Waals surface area contributed by atoms with Crippen LogP contribution in [-0.4, -0.2) is 40.0 Å². The fourth-order valence-corrected chi connectivity index (χ4v) is 3.83. The van der Waals surface area contributed by atoms with Crippen LogP contribution >= 0.6 is 11.3 Å². The summed E-state index contributed by atoms with van der Waals surface area (Å²) in [5, 5.41) is 0.485. The van der Waals surface area contributed by atoms with Gasteiger partial charge in [-0.05, 0) is 24.6 Å². The lowest BCUT2D eigenvalue weighted by Crippen LogP contribution is -2.46. The average molecular weight is 339 g/mol. The number of carbonyl (C=O) groups is 1. The van der Waals surface area contributed by atoms with Crippen molar-refractivity contribution in [1.29, 1.82) is 0 Å². The van der Waals surface area contributed by atoms with Crippen LogP contribution in [-0.2, 0) is 4.74 Å². The van der Waals surface area contributed by atoms with Gasteiger partial charge in [-0.1, -0.05) is 41.7 Å². The molecule has 4 rings (SSSR count). The summed E-state index contributed by atoms with van der Waals surface area (Å²) in [6.07, 6.45) is 1.74. The van der Waals surface area contributed by atoms with Crippen LogP contribution in [0.4, 0.5) is 0 Å². The summed E-state index contributed by atoms with van der Waals surface area (Å²) < 4.78 is 5.80. The first-order valence-corrected chi connectivity index (χ1v) is 8.73. The van der Waals surface area contributed by atoms with Crippen LogP contribution in [0.2, 0.25) is 0 Å². The quantitative estimate of drug-likeness (QED) is 0.719. The number of rotatable bonds is 2. The first-order chi connectivity index (χ1) is 11.7. The van der Waals surface area contributed by atoms with E-state index in [4.69, 9.17) is 4.74 Å². The van der Waals surface area contributed by atoms with Crippen molar-refractivity contribution in [3.63, 3.8) is 0 Å². The predicted octanol–water partition coefficient (Wildman–Crippen LogP) is 3.29. The maximum Gasteiger partial charge on any atom is 0.283 e. The smallest absolute Gasteiger partial charge is 0.283 e. The van der Waals surface area contributed by atoms with Crippen LogP contribution < -0.4 is 0 Å². The molecule has 0 aliphatic carbocycles. The molecule has 1 amide bonds. The van der Waals surface area contributed by atoms with Crippen LogP contribution in [0.5, 0.6) is 0 Å². The van der Waals surface area contributed by atoms with Crippen LogP contribution in [0.15, 0.2) is 48.7 Å². The van der Waals surface area contributed by atoms with Gasteiger partial charge >= 0.3 is 0 Å². The Morgan fingerprint density at radius 3 is 2.88 bits per heavy atom. The zero-order valence-electron chi connectivity index (χ0n) is 13.3. The van der Waals surface area contributed by atoms with Crippen molar-refractivity contribution in [2.75, 3.05) is 13.2 Å². The molecule has 1 aliphatic rings. The molecule has 6 heteroatoms. The van der Waals surface area contributed by atoms with Crippen molar-refractivity contribution in [3.8, 4) is 0 Å². The maximum absolute atomic E-state index is 13.1. The van der Waals surface area contributed by atoms with Gasteiger partial charge in [-0.3, -0.25) is 4.79 Å². The van der Waals surface area contributed by atoms with E-state index in [0.29, 0.717) is 18.2 Å². The Morgan fingerprint density at radius 1 is 1.25 bits per heavy atom. The number of ether oxygens (including phenoxy) is 1. The van der Waals surface area contributed by atoms with Crippen molar-refractivity contribution < 1.29 is 9.53 Å². The topological polar surface area (TPSA) is 55.3 Å². The molecule has 24 heavy (non-hydrogen) atoms. The zero-order chi connectivity index (χ0) is 16.5. The number of hydrogen-bond acceptors (Lipinski definition) is 5. The molecule has 1 aromatic carbocycles. The highest BCUT2D eigenvalue weighted by atomic mass is 32.1. The Morgan fingerprint density at radius 2 is 2.08 bits per heavy atom. The maximum atomic E-state index is 13.1. The number of pyridine rings is 1. The molecule has 2 aromatic heterocycles. The molecule has 1 saturated heterocycles. The van der Waals surface area contributed by atoms with Gasteiger partial charge in [-0.15, -0.1) is 0 Å². The molecule has 0 unspecified atom stereocenters. The van der Waals surface area contributed by atoms with Crippen molar-refractivity contribution in [2.45, 2.75) is 19.1 Å². The van der Waals surface area contributed by atoms with E-state index in [0.717, 1.165) is 15.9 Å². The summed E-state index contributed by atoms with van der Waals surface area (Å²) in [4.78, 5) is 24.5. The highest BCUT2D eigenvalue weighted by Crippen LogP contribution is 2.29. The van der Waals surface area contributed by atoms with Gasteiger partial charge in [0.1, 0.15) is 10.3 Å². The van der Waals surface area contributed by atoms with Crippen LogP contribution in [0.3, 0.4) is 0 Å². The molecule has 0 saturated carbocycles. The van der Waals surface area contributed by atoms with Gasteiger partial charge in [-0.25, -0.2) is 9.97 Å².